The molecule has 2 aromatic carbocycles. The number of para-hydroxylation sites is 2. The van der Waals surface area contributed by atoms with Gasteiger partial charge in [-0.25, -0.2) is 13.4 Å². The van der Waals surface area contributed by atoms with E-state index >= 15 is 0 Å². The molecule has 10 heteroatoms. The Morgan fingerprint density at radius 3 is 2.33 bits per heavy atom. The van der Waals surface area contributed by atoms with Crippen LogP contribution in [-0.4, -0.2) is 33.5 Å². The van der Waals surface area contributed by atoms with Crippen molar-refractivity contribution in [3.05, 3.63) is 71.5 Å². The van der Waals surface area contributed by atoms with E-state index in [1.165, 1.54) is 50.7 Å². The molecule has 1 aromatic heterocycles. The van der Waals surface area contributed by atoms with Crippen LogP contribution in [0.3, 0.4) is 0 Å². The zero-order valence-electron chi connectivity index (χ0n) is 16.0. The highest BCUT2D eigenvalue weighted by atomic mass is 35.5. The van der Waals surface area contributed by atoms with E-state index in [-0.39, 0.29) is 27.0 Å². The van der Waals surface area contributed by atoms with Gasteiger partial charge in [-0.15, -0.1) is 0 Å². The van der Waals surface area contributed by atoms with E-state index in [2.05, 4.69) is 15.0 Å². The molecule has 30 heavy (non-hydrogen) atoms. The van der Waals surface area contributed by atoms with Gasteiger partial charge in [0.25, 0.3) is 15.9 Å². The Hall–Kier alpha value is -3.30. The molecule has 2 N–H and O–H groups in total. The van der Waals surface area contributed by atoms with Gasteiger partial charge in [-0.05, 0) is 42.5 Å². The predicted molar refractivity (Wildman–Crippen MR) is 114 cm³/mol. The van der Waals surface area contributed by atoms with Crippen molar-refractivity contribution >= 4 is 38.9 Å². The molecule has 0 spiro atoms. The van der Waals surface area contributed by atoms with Crippen molar-refractivity contribution in [2.24, 2.45) is 0 Å². The van der Waals surface area contributed by atoms with Gasteiger partial charge in [0.1, 0.15) is 16.7 Å². The lowest BCUT2D eigenvalue weighted by atomic mass is 10.2. The molecule has 0 unspecified atom stereocenters. The summed E-state index contributed by atoms with van der Waals surface area (Å²) in [6.07, 6.45) is 1.31. The van der Waals surface area contributed by atoms with Crippen LogP contribution in [0.1, 0.15) is 10.4 Å². The molecule has 3 aromatic rings. The normalized spacial score (nSPS) is 10.9. The van der Waals surface area contributed by atoms with Crippen molar-refractivity contribution < 1.29 is 22.7 Å². The van der Waals surface area contributed by atoms with Gasteiger partial charge in [0.15, 0.2) is 0 Å². The number of carbonyl (C=O) groups excluding carboxylic acids is 1. The SMILES string of the molecule is COc1ccc(S(=O)(=O)Nc2ccccc2OC)cc1NC(=O)c1ccc(Cl)nc1. The summed E-state index contributed by atoms with van der Waals surface area (Å²) in [6, 6.07) is 13.7. The van der Waals surface area contributed by atoms with Gasteiger partial charge < -0.3 is 14.8 Å². The first kappa shape index (κ1) is 21.4. The molecule has 3 rings (SSSR count). The number of methoxy groups -OCH3 is 2. The fraction of sp³-hybridized carbons (Fsp3) is 0.100. The zero-order chi connectivity index (χ0) is 21.7. The van der Waals surface area contributed by atoms with Crippen LogP contribution in [0.25, 0.3) is 0 Å². The molecule has 0 atom stereocenters. The van der Waals surface area contributed by atoms with Gasteiger partial charge >= 0.3 is 0 Å². The largest absolute Gasteiger partial charge is 0.495 e. The molecule has 0 aliphatic carbocycles. The molecular formula is C20H18ClN3O5S. The van der Waals surface area contributed by atoms with Crippen LogP contribution in [0.5, 0.6) is 11.5 Å². The van der Waals surface area contributed by atoms with Crippen LogP contribution in [-0.2, 0) is 10.0 Å². The lowest BCUT2D eigenvalue weighted by Crippen LogP contribution is -2.16. The van der Waals surface area contributed by atoms with Crippen molar-refractivity contribution in [1.29, 1.82) is 0 Å². The third kappa shape index (κ3) is 4.81. The molecule has 0 aliphatic heterocycles. The number of aromatic nitrogens is 1. The quantitative estimate of drug-likeness (QED) is 0.533. The summed E-state index contributed by atoms with van der Waals surface area (Å²) in [4.78, 5) is 16.3. The van der Waals surface area contributed by atoms with E-state index in [0.717, 1.165) is 0 Å². The molecule has 156 valence electrons. The summed E-state index contributed by atoms with van der Waals surface area (Å²) < 4.78 is 38.6. The van der Waals surface area contributed by atoms with Crippen molar-refractivity contribution in [1.82, 2.24) is 4.98 Å². The predicted octanol–water partition coefficient (Wildman–Crippen LogP) is 3.81. The van der Waals surface area contributed by atoms with Crippen molar-refractivity contribution in [3.8, 4) is 11.5 Å². The minimum absolute atomic E-state index is 0.0706. The molecule has 1 amide bonds. The fourth-order valence-corrected chi connectivity index (χ4v) is 3.80. The minimum atomic E-state index is -3.97. The van der Waals surface area contributed by atoms with E-state index in [4.69, 9.17) is 21.1 Å². The van der Waals surface area contributed by atoms with Crippen LogP contribution in [0.2, 0.25) is 5.15 Å². The third-order valence-electron chi connectivity index (χ3n) is 4.07. The first-order valence-corrected chi connectivity index (χ1v) is 10.5. The third-order valence-corrected chi connectivity index (χ3v) is 5.66. The molecule has 1 heterocycles. The Morgan fingerprint density at radius 2 is 1.67 bits per heavy atom. The second kappa shape index (κ2) is 9.02. The van der Waals surface area contributed by atoms with Crippen LogP contribution in [0, 0.1) is 0 Å². The Labute approximate surface area is 178 Å². The number of benzene rings is 2. The summed E-state index contributed by atoms with van der Waals surface area (Å²) >= 11 is 5.74. The number of halogens is 1. The van der Waals surface area contributed by atoms with E-state index in [1.54, 1.807) is 24.3 Å². The minimum Gasteiger partial charge on any atom is -0.495 e. The summed E-state index contributed by atoms with van der Waals surface area (Å²) in [5.41, 5.74) is 0.718. The maximum atomic E-state index is 12.9. The van der Waals surface area contributed by atoms with Crippen LogP contribution < -0.4 is 19.5 Å². The second-order valence-electron chi connectivity index (χ2n) is 5.99. The van der Waals surface area contributed by atoms with E-state index in [1.807, 2.05) is 0 Å². The number of nitrogens with zero attached hydrogens (tertiary/aromatic N) is 1. The molecule has 0 aliphatic rings. The van der Waals surface area contributed by atoms with E-state index in [0.29, 0.717) is 11.5 Å². The van der Waals surface area contributed by atoms with Crippen molar-refractivity contribution in [2.75, 3.05) is 24.3 Å². The number of nitrogens with one attached hydrogen (secondary N) is 2. The molecule has 8 nitrogen and oxygen atoms in total. The highest BCUT2D eigenvalue weighted by Gasteiger charge is 2.19. The molecule has 0 fully saturated rings. The molecular weight excluding hydrogens is 430 g/mol. The van der Waals surface area contributed by atoms with Crippen LogP contribution in [0.15, 0.2) is 65.7 Å². The Balaban J connectivity index is 1.91. The molecule has 0 radical (unpaired) electrons. The van der Waals surface area contributed by atoms with Crippen molar-refractivity contribution in [3.63, 3.8) is 0 Å². The zero-order valence-corrected chi connectivity index (χ0v) is 17.6. The summed E-state index contributed by atoms with van der Waals surface area (Å²) in [5.74, 6) is 0.171. The van der Waals surface area contributed by atoms with Gasteiger partial charge in [-0.1, -0.05) is 23.7 Å². The van der Waals surface area contributed by atoms with E-state index in [9.17, 15) is 13.2 Å². The Kier molecular flexibility index (Phi) is 6.43. The average molecular weight is 448 g/mol. The number of amides is 1. The maximum Gasteiger partial charge on any atom is 0.262 e. The van der Waals surface area contributed by atoms with Gasteiger partial charge in [-0.3, -0.25) is 9.52 Å². The lowest BCUT2D eigenvalue weighted by Gasteiger charge is -2.14. The Bertz CT molecular complexity index is 1170. The summed E-state index contributed by atoms with van der Waals surface area (Å²) in [7, 11) is -1.11. The number of hydrogen-bond acceptors (Lipinski definition) is 6. The number of hydrogen-bond donors (Lipinski definition) is 2. The smallest absolute Gasteiger partial charge is 0.262 e. The van der Waals surface area contributed by atoms with Gasteiger partial charge in [0.05, 0.1) is 36.1 Å². The Morgan fingerprint density at radius 1 is 0.967 bits per heavy atom. The number of sulfonamides is 1. The standard InChI is InChI=1S/C20H18ClN3O5S/c1-28-17-6-4-3-5-15(17)24-30(26,27)14-8-9-18(29-2)16(11-14)23-20(25)13-7-10-19(21)22-12-13/h3-12,24H,1-2H3,(H,23,25). The summed E-state index contributed by atoms with van der Waals surface area (Å²) in [5, 5.41) is 2.88. The first-order chi connectivity index (χ1) is 14.3. The number of carbonyl (C=O) groups is 1. The maximum absolute atomic E-state index is 12.9. The number of anilines is 2. The highest BCUT2D eigenvalue weighted by Crippen LogP contribution is 2.31. The van der Waals surface area contributed by atoms with E-state index < -0.39 is 15.9 Å². The number of ether oxygens (including phenoxy) is 2. The second-order valence-corrected chi connectivity index (χ2v) is 8.06. The monoisotopic (exact) mass is 447 g/mol. The average Bonchev–Trinajstić information content (AvgIpc) is 2.74. The molecule has 0 bridgehead atoms. The lowest BCUT2D eigenvalue weighted by molar-refractivity contribution is 0.102. The topological polar surface area (TPSA) is 107 Å². The highest BCUT2D eigenvalue weighted by molar-refractivity contribution is 7.92. The van der Waals surface area contributed by atoms with Gasteiger partial charge in [-0.2, -0.15) is 0 Å². The fourth-order valence-electron chi connectivity index (χ4n) is 2.59. The van der Waals surface area contributed by atoms with Crippen LogP contribution >= 0.6 is 11.6 Å². The van der Waals surface area contributed by atoms with Crippen LogP contribution in [0.4, 0.5) is 11.4 Å². The summed E-state index contributed by atoms with van der Waals surface area (Å²) in [6.45, 7) is 0. The first-order valence-electron chi connectivity index (χ1n) is 8.61. The van der Waals surface area contributed by atoms with Crippen molar-refractivity contribution in [2.45, 2.75) is 4.90 Å². The molecule has 0 saturated heterocycles. The number of rotatable bonds is 7. The van der Waals surface area contributed by atoms with Gasteiger partial charge in [0.2, 0.25) is 0 Å². The molecule has 0 saturated carbocycles. The van der Waals surface area contributed by atoms with Gasteiger partial charge in [0, 0.05) is 6.20 Å². The number of pyridine rings is 1.